The number of nitrogens with zero attached hydrogens (tertiary/aromatic N) is 3. The van der Waals surface area contributed by atoms with Gasteiger partial charge in [-0.3, -0.25) is 9.48 Å². The van der Waals surface area contributed by atoms with Gasteiger partial charge >= 0.3 is 0 Å². The van der Waals surface area contributed by atoms with Crippen LogP contribution in [0.25, 0.3) is 0 Å². The molecule has 1 amide bonds. The molecule has 21 heavy (non-hydrogen) atoms. The molecule has 0 radical (unpaired) electrons. The van der Waals surface area contributed by atoms with Crippen LogP contribution >= 0.6 is 0 Å². The lowest BCUT2D eigenvalue weighted by Crippen LogP contribution is -2.54. The molecular weight excluding hydrogens is 266 g/mol. The van der Waals surface area contributed by atoms with Crippen LogP contribution in [-0.4, -0.2) is 41.4 Å². The molecule has 0 saturated carbocycles. The number of anilines is 1. The van der Waals surface area contributed by atoms with Crippen molar-refractivity contribution < 1.29 is 4.79 Å². The predicted octanol–water partition coefficient (Wildman–Crippen LogP) is 0.799. The molecule has 2 heterocycles. The van der Waals surface area contributed by atoms with Gasteiger partial charge < -0.3 is 15.5 Å². The first kappa shape index (κ1) is 15.8. The summed E-state index contributed by atoms with van der Waals surface area (Å²) in [6.45, 7) is 11.6. The van der Waals surface area contributed by atoms with Gasteiger partial charge in [0.05, 0.1) is 5.69 Å². The molecule has 0 aromatic carbocycles. The first-order valence-corrected chi connectivity index (χ1v) is 7.69. The summed E-state index contributed by atoms with van der Waals surface area (Å²) in [4.78, 5) is 14.1. The fourth-order valence-corrected chi connectivity index (χ4v) is 2.81. The summed E-state index contributed by atoms with van der Waals surface area (Å²) >= 11 is 0. The van der Waals surface area contributed by atoms with Crippen molar-refractivity contribution in [2.45, 2.75) is 40.3 Å². The quantitative estimate of drug-likeness (QED) is 0.843. The highest BCUT2D eigenvalue weighted by atomic mass is 16.2. The number of amides is 1. The molecule has 6 heteroatoms. The maximum absolute atomic E-state index is 11.9. The van der Waals surface area contributed by atoms with Crippen molar-refractivity contribution in [3.63, 3.8) is 0 Å². The molecule has 1 unspecified atom stereocenters. The lowest BCUT2D eigenvalue weighted by atomic mass is 10.1. The van der Waals surface area contributed by atoms with E-state index in [2.05, 4.69) is 34.5 Å². The van der Waals surface area contributed by atoms with Crippen molar-refractivity contribution in [1.29, 1.82) is 0 Å². The minimum atomic E-state index is -0.155. The third kappa shape index (κ3) is 3.37. The number of aromatic nitrogens is 2. The van der Waals surface area contributed by atoms with Crippen molar-refractivity contribution in [2.24, 2.45) is 13.0 Å². The molecule has 1 aliphatic rings. The Morgan fingerprint density at radius 3 is 2.86 bits per heavy atom. The largest absolute Gasteiger partial charge is 0.353 e. The molecule has 0 spiro atoms. The van der Waals surface area contributed by atoms with Gasteiger partial charge in [-0.25, -0.2) is 0 Å². The molecule has 0 bridgehead atoms. The Bertz CT molecular complexity index is 508. The average Bonchev–Trinajstić information content (AvgIpc) is 2.68. The van der Waals surface area contributed by atoms with Crippen LogP contribution in [0.2, 0.25) is 0 Å². The third-order valence-electron chi connectivity index (χ3n) is 3.94. The van der Waals surface area contributed by atoms with Crippen molar-refractivity contribution in [3.05, 3.63) is 11.3 Å². The van der Waals surface area contributed by atoms with Crippen molar-refractivity contribution >= 4 is 11.7 Å². The van der Waals surface area contributed by atoms with E-state index in [9.17, 15) is 4.79 Å². The van der Waals surface area contributed by atoms with E-state index < -0.39 is 0 Å². The number of rotatable bonds is 5. The number of carbonyl (C=O) groups excluding carboxylic acids is 1. The summed E-state index contributed by atoms with van der Waals surface area (Å²) in [5, 5.41) is 10.9. The Morgan fingerprint density at radius 2 is 2.19 bits per heavy atom. The predicted molar refractivity (Wildman–Crippen MR) is 84.3 cm³/mol. The SMILES string of the molecule is Cc1nn(C)c(N2CCNC(=O)C2C)c1CNCC(C)C. The summed E-state index contributed by atoms with van der Waals surface area (Å²) in [5.41, 5.74) is 2.22. The number of nitrogens with one attached hydrogen (secondary N) is 2. The highest BCUT2D eigenvalue weighted by molar-refractivity contribution is 5.86. The number of hydrogen-bond acceptors (Lipinski definition) is 4. The fourth-order valence-electron chi connectivity index (χ4n) is 2.81. The maximum atomic E-state index is 11.9. The summed E-state index contributed by atoms with van der Waals surface area (Å²) in [6.07, 6.45) is 0. The van der Waals surface area contributed by atoms with E-state index in [1.54, 1.807) is 0 Å². The van der Waals surface area contributed by atoms with Gasteiger partial charge in [0.2, 0.25) is 5.91 Å². The van der Waals surface area contributed by atoms with Crippen molar-refractivity contribution in [1.82, 2.24) is 20.4 Å². The normalized spacial score (nSPS) is 19.2. The average molecular weight is 293 g/mol. The number of aryl methyl sites for hydroxylation is 2. The molecule has 1 aromatic heterocycles. The number of carbonyl (C=O) groups is 1. The molecule has 2 N–H and O–H groups in total. The minimum Gasteiger partial charge on any atom is -0.353 e. The van der Waals surface area contributed by atoms with Crippen LogP contribution in [0, 0.1) is 12.8 Å². The number of piperazine rings is 1. The van der Waals surface area contributed by atoms with Crippen molar-refractivity contribution in [3.8, 4) is 0 Å². The Balaban J connectivity index is 2.23. The Kier molecular flexibility index (Phi) is 4.88. The van der Waals surface area contributed by atoms with Crippen LogP contribution < -0.4 is 15.5 Å². The molecule has 1 saturated heterocycles. The molecule has 1 aliphatic heterocycles. The van der Waals surface area contributed by atoms with Gasteiger partial charge in [-0.15, -0.1) is 0 Å². The fraction of sp³-hybridized carbons (Fsp3) is 0.733. The highest BCUT2D eigenvalue weighted by Crippen LogP contribution is 2.26. The van der Waals surface area contributed by atoms with Crippen LogP contribution in [0.4, 0.5) is 5.82 Å². The Labute approximate surface area is 126 Å². The van der Waals surface area contributed by atoms with E-state index >= 15 is 0 Å². The Morgan fingerprint density at radius 1 is 1.48 bits per heavy atom. The molecule has 0 aliphatic carbocycles. The second-order valence-corrected chi connectivity index (χ2v) is 6.20. The standard InChI is InChI=1S/C15H27N5O/c1-10(2)8-16-9-13-11(3)18-19(5)15(13)20-7-6-17-14(21)12(20)4/h10,12,16H,6-9H2,1-5H3,(H,17,21). The van der Waals surface area contributed by atoms with E-state index in [1.165, 1.54) is 5.56 Å². The minimum absolute atomic E-state index is 0.0844. The summed E-state index contributed by atoms with van der Waals surface area (Å²) in [6, 6.07) is -0.155. The van der Waals surface area contributed by atoms with E-state index in [0.717, 1.165) is 31.1 Å². The van der Waals surface area contributed by atoms with Gasteiger partial charge in [0.15, 0.2) is 0 Å². The lowest BCUT2D eigenvalue weighted by Gasteiger charge is -2.35. The van der Waals surface area contributed by atoms with Crippen LogP contribution in [-0.2, 0) is 18.4 Å². The van der Waals surface area contributed by atoms with Crippen LogP contribution in [0.1, 0.15) is 32.0 Å². The summed E-state index contributed by atoms with van der Waals surface area (Å²) in [5.74, 6) is 1.76. The highest BCUT2D eigenvalue weighted by Gasteiger charge is 2.30. The molecule has 6 nitrogen and oxygen atoms in total. The van der Waals surface area contributed by atoms with E-state index in [1.807, 2.05) is 25.6 Å². The third-order valence-corrected chi connectivity index (χ3v) is 3.94. The van der Waals surface area contributed by atoms with Crippen LogP contribution in [0.5, 0.6) is 0 Å². The zero-order chi connectivity index (χ0) is 15.6. The zero-order valence-electron chi connectivity index (χ0n) is 13.7. The van der Waals surface area contributed by atoms with Gasteiger partial charge in [0.25, 0.3) is 0 Å². The van der Waals surface area contributed by atoms with Gasteiger partial charge in [0.1, 0.15) is 11.9 Å². The molecule has 2 rings (SSSR count). The lowest BCUT2D eigenvalue weighted by molar-refractivity contribution is -0.122. The van der Waals surface area contributed by atoms with Crippen LogP contribution in [0.15, 0.2) is 0 Å². The zero-order valence-corrected chi connectivity index (χ0v) is 13.7. The second kappa shape index (κ2) is 6.47. The molecule has 118 valence electrons. The van der Waals surface area contributed by atoms with E-state index in [0.29, 0.717) is 12.5 Å². The first-order valence-electron chi connectivity index (χ1n) is 7.69. The van der Waals surface area contributed by atoms with Crippen LogP contribution in [0.3, 0.4) is 0 Å². The molecule has 1 fully saturated rings. The van der Waals surface area contributed by atoms with Gasteiger partial charge in [0, 0.05) is 32.2 Å². The second-order valence-electron chi connectivity index (χ2n) is 6.20. The van der Waals surface area contributed by atoms with Gasteiger partial charge in [-0.05, 0) is 26.3 Å². The van der Waals surface area contributed by atoms with E-state index in [-0.39, 0.29) is 11.9 Å². The monoisotopic (exact) mass is 293 g/mol. The van der Waals surface area contributed by atoms with E-state index in [4.69, 9.17) is 0 Å². The molecule has 1 atom stereocenters. The summed E-state index contributed by atoms with van der Waals surface area (Å²) in [7, 11) is 1.95. The molecular formula is C15H27N5O. The molecule has 1 aromatic rings. The van der Waals surface area contributed by atoms with Gasteiger partial charge in [-0.2, -0.15) is 5.10 Å². The summed E-state index contributed by atoms with van der Waals surface area (Å²) < 4.78 is 1.90. The van der Waals surface area contributed by atoms with Gasteiger partial charge in [-0.1, -0.05) is 13.8 Å². The first-order chi connectivity index (χ1) is 9.91. The van der Waals surface area contributed by atoms with Crippen molar-refractivity contribution in [2.75, 3.05) is 24.5 Å². The smallest absolute Gasteiger partial charge is 0.242 e. The topological polar surface area (TPSA) is 62.2 Å². The Hall–Kier alpha value is -1.56. The maximum Gasteiger partial charge on any atom is 0.242 e. The number of hydrogen-bond donors (Lipinski definition) is 2.